The maximum atomic E-state index is 12.6. The van der Waals surface area contributed by atoms with Crippen LogP contribution in [0.25, 0.3) is 0 Å². The van der Waals surface area contributed by atoms with Crippen LogP contribution in [0.5, 0.6) is 5.75 Å². The average molecular weight is 347 g/mol. The Morgan fingerprint density at radius 1 is 1.19 bits per heavy atom. The maximum Gasteiger partial charge on any atom is 0.300 e. The zero-order valence-corrected chi connectivity index (χ0v) is 14.5. The summed E-state index contributed by atoms with van der Waals surface area (Å²) in [6, 6.07) is 13.1. The topological polar surface area (TPSA) is 70.4 Å². The number of aliphatic imine (C=N–C) groups is 1. The lowest BCUT2D eigenvalue weighted by atomic mass is 10.2. The number of para-hydroxylation sites is 2. The van der Waals surface area contributed by atoms with Gasteiger partial charge >= 0.3 is 5.91 Å². The summed E-state index contributed by atoms with van der Waals surface area (Å²) in [5.74, 6) is 1.52. The number of pyridine rings is 1. The molecule has 4 rings (SSSR count). The first-order chi connectivity index (χ1) is 12.7. The molecular formula is C19H17N5O2. The van der Waals surface area contributed by atoms with Crippen LogP contribution < -0.4 is 14.6 Å². The van der Waals surface area contributed by atoms with Crippen molar-refractivity contribution in [2.24, 2.45) is 10.1 Å². The van der Waals surface area contributed by atoms with Crippen LogP contribution in [0.1, 0.15) is 13.8 Å². The first-order valence-electron chi connectivity index (χ1n) is 8.32. The molecule has 130 valence electrons. The van der Waals surface area contributed by atoms with E-state index in [4.69, 9.17) is 4.74 Å². The number of carbonyl (C=O) groups is 1. The summed E-state index contributed by atoms with van der Waals surface area (Å²) in [6.45, 7) is 4.51. The Hall–Kier alpha value is -3.48. The molecular weight excluding hydrogens is 330 g/mol. The van der Waals surface area contributed by atoms with Gasteiger partial charge in [-0.2, -0.15) is 10.1 Å². The van der Waals surface area contributed by atoms with Crippen molar-refractivity contribution in [2.75, 3.05) is 16.5 Å². The number of ether oxygens (including phenoxy) is 1. The molecule has 0 aliphatic carbocycles. The number of hydrogen-bond acceptors (Lipinski definition) is 6. The largest absolute Gasteiger partial charge is 0.437 e. The van der Waals surface area contributed by atoms with Crippen molar-refractivity contribution in [3.05, 3.63) is 60.7 Å². The number of rotatable bonds is 3. The van der Waals surface area contributed by atoms with E-state index >= 15 is 0 Å². The van der Waals surface area contributed by atoms with Crippen molar-refractivity contribution in [3.63, 3.8) is 0 Å². The Bertz CT molecular complexity index is 949. The Balaban J connectivity index is 1.63. The number of amides is 1. The van der Waals surface area contributed by atoms with Crippen LogP contribution in [-0.4, -0.2) is 28.9 Å². The molecule has 0 fully saturated rings. The summed E-state index contributed by atoms with van der Waals surface area (Å²) in [4.78, 5) is 23.2. The lowest BCUT2D eigenvalue weighted by Gasteiger charge is -2.14. The minimum Gasteiger partial charge on any atom is -0.437 e. The van der Waals surface area contributed by atoms with Crippen molar-refractivity contribution < 1.29 is 9.53 Å². The minimum atomic E-state index is -0.309. The molecule has 0 saturated carbocycles. The molecule has 1 aromatic carbocycles. The lowest BCUT2D eigenvalue weighted by molar-refractivity contribution is -0.112. The second kappa shape index (κ2) is 6.44. The number of aromatic nitrogens is 1. The third-order valence-electron chi connectivity index (χ3n) is 4.11. The van der Waals surface area contributed by atoms with Crippen LogP contribution in [0.3, 0.4) is 0 Å². The number of fused-ring (bicyclic) bond motifs is 1. The number of anilines is 2. The molecule has 1 aromatic heterocycles. The van der Waals surface area contributed by atoms with E-state index in [-0.39, 0.29) is 11.6 Å². The van der Waals surface area contributed by atoms with Crippen LogP contribution in [0, 0.1) is 0 Å². The minimum absolute atomic E-state index is 0.277. The highest BCUT2D eigenvalue weighted by Gasteiger charge is 2.31. The second-order valence-corrected chi connectivity index (χ2v) is 5.75. The van der Waals surface area contributed by atoms with E-state index in [0.29, 0.717) is 17.4 Å². The van der Waals surface area contributed by atoms with Crippen molar-refractivity contribution in [1.29, 1.82) is 0 Å². The summed E-state index contributed by atoms with van der Waals surface area (Å²) in [5.41, 5.74) is 1.80. The molecule has 0 radical (unpaired) electrons. The van der Waals surface area contributed by atoms with Gasteiger partial charge in [0, 0.05) is 12.7 Å². The predicted molar refractivity (Wildman–Crippen MR) is 100 cm³/mol. The number of hydrogen-bond donors (Lipinski definition) is 0. The van der Waals surface area contributed by atoms with E-state index in [1.54, 1.807) is 37.5 Å². The van der Waals surface area contributed by atoms with Gasteiger partial charge in [-0.3, -0.25) is 4.79 Å². The van der Waals surface area contributed by atoms with Gasteiger partial charge in [-0.25, -0.2) is 9.98 Å². The standard InChI is InChI=1S/C19H17N5O2/c1-3-23-14-8-4-5-9-15(14)26-17(23)12-21-18-13(2)22-24(19(18)25)16-10-6-7-11-20-16/h4-12H,3H2,1-2H3/b17-12-,21-18?. The molecule has 0 atom stereocenters. The zero-order valence-electron chi connectivity index (χ0n) is 14.5. The van der Waals surface area contributed by atoms with Crippen LogP contribution in [0.4, 0.5) is 11.5 Å². The molecule has 26 heavy (non-hydrogen) atoms. The fourth-order valence-electron chi connectivity index (χ4n) is 2.88. The maximum absolute atomic E-state index is 12.6. The summed E-state index contributed by atoms with van der Waals surface area (Å²) in [5, 5.41) is 5.53. The number of carbonyl (C=O) groups excluding carboxylic acids is 1. The van der Waals surface area contributed by atoms with Gasteiger partial charge in [-0.15, -0.1) is 0 Å². The molecule has 7 heteroatoms. The van der Waals surface area contributed by atoms with E-state index in [2.05, 4.69) is 15.1 Å². The molecule has 2 aromatic rings. The fraction of sp³-hybridized carbons (Fsp3) is 0.158. The van der Waals surface area contributed by atoms with E-state index in [9.17, 15) is 4.79 Å². The van der Waals surface area contributed by atoms with Crippen molar-refractivity contribution >= 4 is 28.8 Å². The van der Waals surface area contributed by atoms with Gasteiger partial charge in [0.15, 0.2) is 17.3 Å². The zero-order chi connectivity index (χ0) is 18.1. The molecule has 0 saturated heterocycles. The molecule has 3 heterocycles. The van der Waals surface area contributed by atoms with Crippen molar-refractivity contribution in [2.45, 2.75) is 13.8 Å². The van der Waals surface area contributed by atoms with Gasteiger partial charge in [0.1, 0.15) is 0 Å². The van der Waals surface area contributed by atoms with Gasteiger partial charge in [-0.1, -0.05) is 18.2 Å². The molecule has 2 aliphatic heterocycles. The van der Waals surface area contributed by atoms with E-state index in [1.807, 2.05) is 36.1 Å². The smallest absolute Gasteiger partial charge is 0.300 e. The van der Waals surface area contributed by atoms with E-state index < -0.39 is 0 Å². The van der Waals surface area contributed by atoms with Crippen LogP contribution in [0.2, 0.25) is 0 Å². The summed E-state index contributed by atoms with van der Waals surface area (Å²) >= 11 is 0. The van der Waals surface area contributed by atoms with Crippen molar-refractivity contribution in [3.8, 4) is 5.75 Å². The number of hydrazone groups is 1. The third-order valence-corrected chi connectivity index (χ3v) is 4.11. The van der Waals surface area contributed by atoms with Gasteiger partial charge in [0.2, 0.25) is 5.88 Å². The molecule has 0 N–H and O–H groups in total. The van der Waals surface area contributed by atoms with Gasteiger partial charge < -0.3 is 9.64 Å². The summed E-state index contributed by atoms with van der Waals surface area (Å²) in [6.07, 6.45) is 3.19. The Morgan fingerprint density at radius 2 is 2.00 bits per heavy atom. The quantitative estimate of drug-likeness (QED) is 0.856. The Kier molecular flexibility index (Phi) is 3.96. The van der Waals surface area contributed by atoms with Gasteiger partial charge in [0.25, 0.3) is 0 Å². The van der Waals surface area contributed by atoms with Crippen LogP contribution in [0.15, 0.2) is 70.8 Å². The second-order valence-electron chi connectivity index (χ2n) is 5.75. The molecule has 1 amide bonds. The van der Waals surface area contributed by atoms with Crippen LogP contribution >= 0.6 is 0 Å². The summed E-state index contributed by atoms with van der Waals surface area (Å²) < 4.78 is 5.86. The predicted octanol–water partition coefficient (Wildman–Crippen LogP) is 2.96. The average Bonchev–Trinajstić information content (AvgIpc) is 3.17. The van der Waals surface area contributed by atoms with E-state index in [0.717, 1.165) is 18.0 Å². The first-order valence-corrected chi connectivity index (χ1v) is 8.32. The molecule has 0 spiro atoms. The Labute approximate surface area is 150 Å². The van der Waals surface area contributed by atoms with Crippen LogP contribution in [-0.2, 0) is 4.79 Å². The first kappa shape index (κ1) is 16.0. The highest BCUT2D eigenvalue weighted by Crippen LogP contribution is 2.38. The molecule has 2 aliphatic rings. The number of benzene rings is 1. The van der Waals surface area contributed by atoms with Crippen molar-refractivity contribution in [1.82, 2.24) is 4.98 Å². The number of nitrogens with zero attached hydrogens (tertiary/aromatic N) is 5. The Morgan fingerprint density at radius 3 is 2.77 bits per heavy atom. The molecule has 7 nitrogen and oxygen atoms in total. The van der Waals surface area contributed by atoms with Gasteiger partial charge in [0.05, 0.1) is 17.6 Å². The highest BCUT2D eigenvalue weighted by atomic mass is 16.5. The highest BCUT2D eigenvalue weighted by molar-refractivity contribution is 6.71. The van der Waals surface area contributed by atoms with Gasteiger partial charge in [-0.05, 0) is 38.1 Å². The SMILES string of the molecule is CCN1/C(=C/N=C2C(=O)N(c3ccccn3)N=C2C)Oc2ccccc21. The molecule has 0 unspecified atom stereocenters. The summed E-state index contributed by atoms with van der Waals surface area (Å²) in [7, 11) is 0. The third kappa shape index (κ3) is 2.63. The molecule has 0 bridgehead atoms. The normalized spacial score (nSPS) is 19.2. The lowest BCUT2D eigenvalue weighted by Crippen LogP contribution is -2.27. The van der Waals surface area contributed by atoms with E-state index in [1.165, 1.54) is 5.01 Å². The fourth-order valence-corrected chi connectivity index (χ4v) is 2.88. The monoisotopic (exact) mass is 347 g/mol.